The molecule has 0 aliphatic carbocycles. The summed E-state index contributed by atoms with van der Waals surface area (Å²) in [5, 5.41) is 6.91. The van der Waals surface area contributed by atoms with Crippen LogP contribution in [0.25, 0.3) is 0 Å². The predicted molar refractivity (Wildman–Crippen MR) is 57.4 cm³/mol. The van der Waals surface area contributed by atoms with Crippen LogP contribution >= 0.6 is 0 Å². The van der Waals surface area contributed by atoms with Crippen molar-refractivity contribution in [2.45, 2.75) is 13.8 Å². The summed E-state index contributed by atoms with van der Waals surface area (Å²) in [6.45, 7) is 3.04. The summed E-state index contributed by atoms with van der Waals surface area (Å²) in [5.41, 5.74) is 1.03. The van der Waals surface area contributed by atoms with Crippen LogP contribution in [0.1, 0.15) is 22.8 Å². The summed E-state index contributed by atoms with van der Waals surface area (Å²) in [7, 11) is 0. The molecule has 3 nitrogen and oxygen atoms in total. The minimum Gasteiger partial charge on any atom is -0.294 e. The van der Waals surface area contributed by atoms with Gasteiger partial charge in [0.15, 0.2) is 5.78 Å². The third kappa shape index (κ3) is 2.27. The quantitative estimate of drug-likeness (QED) is 0.267. The molecular formula is C12H11NO2. The van der Waals surface area contributed by atoms with E-state index in [0.29, 0.717) is 5.56 Å². The van der Waals surface area contributed by atoms with Crippen molar-refractivity contribution in [2.24, 2.45) is 0 Å². The minimum atomic E-state index is -0.435. The van der Waals surface area contributed by atoms with Crippen molar-refractivity contribution in [2.75, 3.05) is 0 Å². The maximum absolute atomic E-state index is 11.8. The lowest BCUT2D eigenvalue weighted by Crippen LogP contribution is -2.12. The Bertz CT molecular complexity index is 468. The summed E-state index contributed by atoms with van der Waals surface area (Å²) in [5.74, 6) is 1.03. The molecule has 0 bridgehead atoms. The van der Waals surface area contributed by atoms with Gasteiger partial charge in [-0.15, -0.1) is 0 Å². The molecule has 0 radical (unpaired) electrons. The molecule has 0 atom stereocenters. The van der Waals surface area contributed by atoms with Crippen LogP contribution in [0.15, 0.2) is 29.8 Å². The number of allylic oxidation sites excluding steroid dienone is 1. The fourth-order valence-electron chi connectivity index (χ4n) is 1.27. The van der Waals surface area contributed by atoms with Gasteiger partial charge in [-0.05, 0) is 25.3 Å². The SMILES string of the molecule is CC(=O)C(=C=N)C(=O)c1ccccc1C. The Balaban J connectivity index is 3.22. The van der Waals surface area contributed by atoms with Crippen LogP contribution in [0, 0.1) is 12.3 Å². The summed E-state index contributed by atoms with van der Waals surface area (Å²) in [4.78, 5) is 22.9. The van der Waals surface area contributed by atoms with E-state index in [0.717, 1.165) is 5.56 Å². The lowest BCUT2D eigenvalue weighted by atomic mass is 9.98. The van der Waals surface area contributed by atoms with E-state index >= 15 is 0 Å². The van der Waals surface area contributed by atoms with Crippen LogP contribution in [0.5, 0.6) is 0 Å². The highest BCUT2D eigenvalue weighted by Gasteiger charge is 2.17. The minimum absolute atomic E-state index is 0.204. The van der Waals surface area contributed by atoms with Crippen molar-refractivity contribution in [3.05, 3.63) is 41.0 Å². The van der Waals surface area contributed by atoms with Crippen molar-refractivity contribution >= 4 is 17.4 Å². The van der Waals surface area contributed by atoms with E-state index < -0.39 is 11.6 Å². The van der Waals surface area contributed by atoms with Crippen molar-refractivity contribution in [3.8, 4) is 0 Å². The van der Waals surface area contributed by atoms with Crippen molar-refractivity contribution < 1.29 is 9.59 Å². The van der Waals surface area contributed by atoms with Gasteiger partial charge in [0.1, 0.15) is 5.57 Å². The second-order valence-corrected chi connectivity index (χ2v) is 3.20. The molecule has 1 aromatic carbocycles. The Hall–Kier alpha value is -1.99. The number of Topliss-reactive ketones (excluding diaryl/α,β-unsaturated/α-hetero) is 2. The average molecular weight is 201 g/mol. The molecule has 76 valence electrons. The topological polar surface area (TPSA) is 58.0 Å². The first-order valence-corrected chi connectivity index (χ1v) is 4.49. The first kappa shape index (κ1) is 11.1. The summed E-state index contributed by atoms with van der Waals surface area (Å²) < 4.78 is 0. The number of benzene rings is 1. The first-order valence-electron chi connectivity index (χ1n) is 4.49. The number of carbonyl (C=O) groups is 2. The molecule has 1 aromatic rings. The van der Waals surface area contributed by atoms with Crippen LogP contribution in [-0.2, 0) is 4.79 Å². The second kappa shape index (κ2) is 4.49. The molecule has 3 heteroatoms. The molecule has 0 saturated carbocycles. The van der Waals surface area contributed by atoms with Gasteiger partial charge in [-0.1, -0.05) is 24.3 Å². The van der Waals surface area contributed by atoms with Crippen molar-refractivity contribution in [1.29, 1.82) is 5.41 Å². The van der Waals surface area contributed by atoms with Gasteiger partial charge in [0.25, 0.3) is 0 Å². The number of hydrogen-bond donors (Lipinski definition) is 1. The molecule has 0 aromatic heterocycles. The van der Waals surface area contributed by atoms with Crippen LogP contribution in [0.3, 0.4) is 0 Å². The van der Waals surface area contributed by atoms with E-state index in [-0.39, 0.29) is 5.57 Å². The zero-order valence-electron chi connectivity index (χ0n) is 8.63. The maximum atomic E-state index is 11.8. The predicted octanol–water partition coefficient (Wildman–Crippen LogP) is 1.94. The van der Waals surface area contributed by atoms with Gasteiger partial charge < -0.3 is 0 Å². The Morgan fingerprint density at radius 1 is 1.27 bits per heavy atom. The third-order valence-electron chi connectivity index (χ3n) is 2.09. The van der Waals surface area contributed by atoms with Gasteiger partial charge in [-0.3, -0.25) is 15.0 Å². The molecule has 15 heavy (non-hydrogen) atoms. The lowest BCUT2D eigenvalue weighted by Gasteiger charge is -2.03. The van der Waals surface area contributed by atoms with E-state index in [1.54, 1.807) is 25.1 Å². The molecule has 0 saturated heterocycles. The lowest BCUT2D eigenvalue weighted by molar-refractivity contribution is -0.113. The van der Waals surface area contributed by atoms with Crippen molar-refractivity contribution in [1.82, 2.24) is 0 Å². The standard InChI is InChI=1S/C12H11NO2/c1-8-5-3-4-6-10(8)12(15)11(7-13)9(2)14/h3-6,13H,1-2H3. The molecule has 1 rings (SSSR count). The molecule has 0 heterocycles. The zero-order valence-corrected chi connectivity index (χ0v) is 8.63. The monoisotopic (exact) mass is 201 g/mol. The van der Waals surface area contributed by atoms with E-state index in [1.807, 2.05) is 11.9 Å². The summed E-state index contributed by atoms with van der Waals surface area (Å²) in [6.07, 6.45) is 0. The van der Waals surface area contributed by atoms with Gasteiger partial charge >= 0.3 is 0 Å². The highest BCUT2D eigenvalue weighted by molar-refractivity contribution is 6.30. The molecule has 0 aliphatic rings. The first-order chi connectivity index (χ1) is 7.07. The number of carbonyl (C=O) groups excluding carboxylic acids is 2. The number of rotatable bonds is 3. The molecule has 0 fully saturated rings. The molecule has 0 spiro atoms. The third-order valence-corrected chi connectivity index (χ3v) is 2.09. The highest BCUT2D eigenvalue weighted by atomic mass is 16.1. The largest absolute Gasteiger partial charge is 0.294 e. The van der Waals surface area contributed by atoms with Gasteiger partial charge in [-0.25, -0.2) is 0 Å². The fourth-order valence-corrected chi connectivity index (χ4v) is 1.27. The smallest absolute Gasteiger partial charge is 0.206 e. The highest BCUT2D eigenvalue weighted by Crippen LogP contribution is 2.12. The van der Waals surface area contributed by atoms with Crippen LogP contribution in [0.4, 0.5) is 0 Å². The Morgan fingerprint density at radius 3 is 2.33 bits per heavy atom. The van der Waals surface area contributed by atoms with E-state index in [4.69, 9.17) is 5.41 Å². The number of aryl methyl sites for hydroxylation is 1. The van der Waals surface area contributed by atoms with Gasteiger partial charge in [0.05, 0.1) is 0 Å². The van der Waals surface area contributed by atoms with Crippen LogP contribution < -0.4 is 0 Å². The summed E-state index contributed by atoms with van der Waals surface area (Å²) in [6, 6.07) is 6.96. The Labute approximate surface area is 87.9 Å². The van der Waals surface area contributed by atoms with Gasteiger partial charge in [0.2, 0.25) is 5.78 Å². The van der Waals surface area contributed by atoms with Crippen molar-refractivity contribution in [3.63, 3.8) is 0 Å². The second-order valence-electron chi connectivity index (χ2n) is 3.20. The Morgan fingerprint density at radius 2 is 1.87 bits per heavy atom. The number of hydrogen-bond acceptors (Lipinski definition) is 3. The van der Waals surface area contributed by atoms with Crippen LogP contribution in [0.2, 0.25) is 0 Å². The molecule has 0 aliphatic heterocycles. The maximum Gasteiger partial charge on any atom is 0.206 e. The average Bonchev–Trinajstić information content (AvgIpc) is 2.18. The molecule has 0 unspecified atom stereocenters. The molecule has 0 amide bonds. The van der Waals surface area contributed by atoms with Crippen LogP contribution in [-0.4, -0.2) is 17.4 Å². The molecular weight excluding hydrogens is 190 g/mol. The van der Waals surface area contributed by atoms with E-state index in [1.165, 1.54) is 6.92 Å². The molecule has 1 N–H and O–H groups in total. The van der Waals surface area contributed by atoms with Gasteiger partial charge in [0, 0.05) is 5.56 Å². The number of nitrogens with one attached hydrogen (secondary N) is 1. The zero-order chi connectivity index (χ0) is 11.4. The Kier molecular flexibility index (Phi) is 3.32. The van der Waals surface area contributed by atoms with E-state index in [9.17, 15) is 9.59 Å². The normalized spacial score (nSPS) is 9.20. The summed E-state index contributed by atoms with van der Waals surface area (Å²) >= 11 is 0. The number of ketones is 2. The van der Waals surface area contributed by atoms with Gasteiger partial charge in [-0.2, -0.15) is 0 Å². The fraction of sp³-hybridized carbons (Fsp3) is 0.167. The van der Waals surface area contributed by atoms with E-state index in [2.05, 4.69) is 0 Å².